The summed E-state index contributed by atoms with van der Waals surface area (Å²) in [5, 5.41) is 8.79. The van der Waals surface area contributed by atoms with E-state index >= 15 is 0 Å². The lowest BCUT2D eigenvalue weighted by atomic mass is 10.1. The molecule has 6 heteroatoms. The predicted octanol–water partition coefficient (Wildman–Crippen LogP) is 0.578. The first-order valence-corrected chi connectivity index (χ1v) is 5.71. The summed E-state index contributed by atoms with van der Waals surface area (Å²) in [7, 11) is 1.53. The Morgan fingerprint density at radius 3 is 2.11 bits per heavy atom. The molecule has 0 aliphatic rings. The van der Waals surface area contributed by atoms with Crippen molar-refractivity contribution in [2.45, 2.75) is 6.92 Å². The molecule has 1 aromatic rings. The van der Waals surface area contributed by atoms with Crippen molar-refractivity contribution < 1.29 is 19.5 Å². The predicted molar refractivity (Wildman–Crippen MR) is 68.7 cm³/mol. The number of aliphatic carboxylic acids is 1. The highest BCUT2D eigenvalue weighted by atomic mass is 16.4. The van der Waals surface area contributed by atoms with Gasteiger partial charge in [0.15, 0.2) is 0 Å². The molecule has 0 spiro atoms. The summed E-state index contributed by atoms with van der Waals surface area (Å²) in [6.07, 6.45) is 0. The summed E-state index contributed by atoms with van der Waals surface area (Å²) < 4.78 is 0. The second-order valence-corrected chi connectivity index (χ2v) is 4.37. The lowest BCUT2D eigenvalue weighted by molar-refractivity contribution is -0.141. The number of hydrogen-bond donors (Lipinski definition) is 2. The highest BCUT2D eigenvalue weighted by Gasteiger charge is 2.18. The normalized spacial score (nSPS) is 11.7. The van der Waals surface area contributed by atoms with Crippen molar-refractivity contribution in [1.29, 1.82) is 0 Å². The van der Waals surface area contributed by atoms with Gasteiger partial charge in [-0.2, -0.15) is 0 Å². The molecule has 0 radical (unpaired) electrons. The number of carboxylic acids is 1. The molecule has 1 atom stereocenters. The molecule has 1 unspecified atom stereocenters. The lowest BCUT2D eigenvalue weighted by Gasteiger charge is -2.19. The topological polar surface area (TPSA) is 101 Å². The third kappa shape index (κ3) is 3.80. The SMILES string of the molecule is CC(CN(C)C(=O)c1ccc(C(N)=O)cc1)C(=O)O. The Hall–Kier alpha value is -2.37. The van der Waals surface area contributed by atoms with Crippen molar-refractivity contribution in [1.82, 2.24) is 4.90 Å². The van der Waals surface area contributed by atoms with Crippen molar-refractivity contribution in [2.24, 2.45) is 11.7 Å². The van der Waals surface area contributed by atoms with E-state index in [0.717, 1.165) is 0 Å². The van der Waals surface area contributed by atoms with Crippen LogP contribution in [0.25, 0.3) is 0 Å². The standard InChI is InChI=1S/C13H16N2O4/c1-8(13(18)19)7-15(2)12(17)10-5-3-9(4-6-10)11(14)16/h3-6,8H,7H2,1-2H3,(H2,14,16)(H,18,19). The van der Waals surface area contributed by atoms with Crippen LogP contribution in [0.2, 0.25) is 0 Å². The number of carbonyl (C=O) groups excluding carboxylic acids is 2. The summed E-state index contributed by atoms with van der Waals surface area (Å²) in [5.74, 6) is -2.46. The van der Waals surface area contributed by atoms with E-state index in [4.69, 9.17) is 10.8 Å². The number of rotatable bonds is 5. The largest absolute Gasteiger partial charge is 0.481 e. The van der Waals surface area contributed by atoms with Gasteiger partial charge in [0.2, 0.25) is 5.91 Å². The molecule has 0 aliphatic heterocycles. The highest BCUT2D eigenvalue weighted by Crippen LogP contribution is 2.08. The second kappa shape index (κ2) is 5.99. The van der Waals surface area contributed by atoms with Gasteiger partial charge in [-0.1, -0.05) is 6.92 Å². The van der Waals surface area contributed by atoms with Crippen LogP contribution >= 0.6 is 0 Å². The van der Waals surface area contributed by atoms with E-state index in [0.29, 0.717) is 11.1 Å². The van der Waals surface area contributed by atoms with E-state index in [2.05, 4.69) is 0 Å². The molecule has 0 saturated heterocycles. The number of primary amides is 1. The zero-order chi connectivity index (χ0) is 14.6. The maximum Gasteiger partial charge on any atom is 0.308 e. The Morgan fingerprint density at radius 1 is 1.21 bits per heavy atom. The summed E-state index contributed by atoms with van der Waals surface area (Å²) in [6, 6.07) is 5.91. The lowest BCUT2D eigenvalue weighted by Crippen LogP contribution is -2.33. The number of benzene rings is 1. The maximum absolute atomic E-state index is 12.0. The van der Waals surface area contributed by atoms with Gasteiger partial charge in [0.25, 0.3) is 5.91 Å². The molecule has 0 aliphatic carbocycles. The number of hydrogen-bond acceptors (Lipinski definition) is 3. The van der Waals surface area contributed by atoms with Crippen LogP contribution in [-0.4, -0.2) is 41.4 Å². The van der Waals surface area contributed by atoms with E-state index in [1.807, 2.05) is 0 Å². The van der Waals surface area contributed by atoms with E-state index in [9.17, 15) is 14.4 Å². The second-order valence-electron chi connectivity index (χ2n) is 4.37. The average Bonchev–Trinajstić information content (AvgIpc) is 2.37. The molecule has 1 rings (SSSR count). The fourth-order valence-electron chi connectivity index (χ4n) is 1.57. The summed E-state index contributed by atoms with van der Waals surface area (Å²) in [4.78, 5) is 35.0. The fourth-order valence-corrected chi connectivity index (χ4v) is 1.57. The van der Waals surface area contributed by atoms with Crippen molar-refractivity contribution in [3.05, 3.63) is 35.4 Å². The van der Waals surface area contributed by atoms with E-state index < -0.39 is 17.8 Å². The van der Waals surface area contributed by atoms with Crippen LogP contribution in [0.3, 0.4) is 0 Å². The molecule has 102 valence electrons. The quantitative estimate of drug-likeness (QED) is 0.812. The van der Waals surface area contributed by atoms with Crippen molar-refractivity contribution in [3.8, 4) is 0 Å². The fraction of sp³-hybridized carbons (Fsp3) is 0.308. The third-order valence-corrected chi connectivity index (χ3v) is 2.73. The van der Waals surface area contributed by atoms with Gasteiger partial charge in [0, 0.05) is 24.7 Å². The van der Waals surface area contributed by atoms with Crippen LogP contribution in [0.1, 0.15) is 27.6 Å². The zero-order valence-corrected chi connectivity index (χ0v) is 10.8. The molecule has 3 N–H and O–H groups in total. The van der Waals surface area contributed by atoms with Gasteiger partial charge < -0.3 is 15.7 Å². The molecule has 0 aromatic heterocycles. The molecule has 2 amide bonds. The van der Waals surface area contributed by atoms with Crippen molar-refractivity contribution in [2.75, 3.05) is 13.6 Å². The van der Waals surface area contributed by atoms with Gasteiger partial charge in [0.05, 0.1) is 5.92 Å². The first-order chi connectivity index (χ1) is 8.82. The Balaban J connectivity index is 2.77. The van der Waals surface area contributed by atoms with E-state index in [1.54, 1.807) is 0 Å². The van der Waals surface area contributed by atoms with Gasteiger partial charge in [-0.05, 0) is 24.3 Å². The first-order valence-electron chi connectivity index (χ1n) is 5.71. The van der Waals surface area contributed by atoms with Gasteiger partial charge >= 0.3 is 5.97 Å². The summed E-state index contributed by atoms with van der Waals surface area (Å²) in [6.45, 7) is 1.65. The summed E-state index contributed by atoms with van der Waals surface area (Å²) in [5.41, 5.74) is 5.80. The minimum atomic E-state index is -0.955. The van der Waals surface area contributed by atoms with Gasteiger partial charge in [-0.15, -0.1) is 0 Å². The van der Waals surface area contributed by atoms with Crippen LogP contribution in [0.5, 0.6) is 0 Å². The number of nitrogens with two attached hydrogens (primary N) is 1. The smallest absolute Gasteiger partial charge is 0.308 e. The molecule has 1 aromatic carbocycles. The average molecular weight is 264 g/mol. The van der Waals surface area contributed by atoms with Crippen LogP contribution in [0, 0.1) is 5.92 Å². The first kappa shape index (κ1) is 14.7. The molecular formula is C13H16N2O4. The molecular weight excluding hydrogens is 248 g/mol. The van der Waals surface area contributed by atoms with E-state index in [1.165, 1.54) is 43.1 Å². The van der Waals surface area contributed by atoms with Gasteiger partial charge in [0.1, 0.15) is 0 Å². The number of carbonyl (C=O) groups is 3. The van der Waals surface area contributed by atoms with E-state index in [-0.39, 0.29) is 12.5 Å². The Kier molecular flexibility index (Phi) is 4.63. The molecule has 0 saturated carbocycles. The highest BCUT2D eigenvalue weighted by molar-refractivity contribution is 5.97. The summed E-state index contributed by atoms with van der Waals surface area (Å²) >= 11 is 0. The third-order valence-electron chi connectivity index (χ3n) is 2.73. The van der Waals surface area contributed by atoms with Crippen LogP contribution in [-0.2, 0) is 4.79 Å². The maximum atomic E-state index is 12.0. The van der Waals surface area contributed by atoms with Crippen LogP contribution in [0.4, 0.5) is 0 Å². The molecule has 19 heavy (non-hydrogen) atoms. The van der Waals surface area contributed by atoms with Crippen molar-refractivity contribution >= 4 is 17.8 Å². The molecule has 6 nitrogen and oxygen atoms in total. The van der Waals surface area contributed by atoms with Crippen molar-refractivity contribution in [3.63, 3.8) is 0 Å². The Bertz CT molecular complexity index is 496. The zero-order valence-electron chi connectivity index (χ0n) is 10.8. The monoisotopic (exact) mass is 264 g/mol. The number of nitrogens with zero attached hydrogens (tertiary/aromatic N) is 1. The molecule has 0 heterocycles. The Morgan fingerprint density at radius 2 is 1.68 bits per heavy atom. The Labute approximate surface area is 110 Å². The van der Waals surface area contributed by atoms with Crippen LogP contribution < -0.4 is 5.73 Å². The molecule has 0 bridgehead atoms. The molecule has 0 fully saturated rings. The minimum Gasteiger partial charge on any atom is -0.481 e. The number of carboxylic acid groups (broad SMARTS) is 1. The van der Waals surface area contributed by atoms with Gasteiger partial charge in [-0.25, -0.2) is 0 Å². The van der Waals surface area contributed by atoms with Crippen LogP contribution in [0.15, 0.2) is 24.3 Å². The minimum absolute atomic E-state index is 0.117. The van der Waals surface area contributed by atoms with Gasteiger partial charge in [-0.3, -0.25) is 14.4 Å². The number of amides is 2.